The number of piperazine rings is 1. The molecule has 0 spiro atoms. The van der Waals surface area contributed by atoms with Gasteiger partial charge in [-0.2, -0.15) is 0 Å². The molecule has 3 aliphatic rings. The molecule has 1 aliphatic carbocycles. The van der Waals surface area contributed by atoms with Gasteiger partial charge in [0, 0.05) is 67.2 Å². The third-order valence-electron chi connectivity index (χ3n) is 6.72. The monoisotopic (exact) mass is 433 g/mol. The number of nitrogens with one attached hydrogen (secondary N) is 1. The lowest BCUT2D eigenvalue weighted by Crippen LogP contribution is -2.43. The predicted octanol–water partition coefficient (Wildman–Crippen LogP) is 2.93. The van der Waals surface area contributed by atoms with Crippen LogP contribution in [-0.4, -0.2) is 60.5 Å². The van der Waals surface area contributed by atoms with Crippen molar-refractivity contribution in [3.63, 3.8) is 0 Å². The van der Waals surface area contributed by atoms with E-state index >= 15 is 0 Å². The number of nitrogen functional groups attached to an aromatic ring is 1. The summed E-state index contributed by atoms with van der Waals surface area (Å²) in [5.74, 6) is -0.222. The van der Waals surface area contributed by atoms with Gasteiger partial charge in [0.15, 0.2) is 0 Å². The molecule has 7 heteroatoms. The van der Waals surface area contributed by atoms with Crippen LogP contribution >= 0.6 is 0 Å². The number of carbonyl (C=O) groups excluding carboxylic acids is 1. The zero-order chi connectivity index (χ0) is 22.2. The van der Waals surface area contributed by atoms with E-state index in [9.17, 15) is 9.18 Å². The molecule has 1 atom stereocenters. The van der Waals surface area contributed by atoms with E-state index in [4.69, 9.17) is 5.73 Å². The van der Waals surface area contributed by atoms with Crippen molar-refractivity contribution < 1.29 is 9.18 Å². The number of carbonyl (C=O) groups is 1. The van der Waals surface area contributed by atoms with Gasteiger partial charge < -0.3 is 20.9 Å². The van der Waals surface area contributed by atoms with Gasteiger partial charge in [-0.3, -0.25) is 4.79 Å². The first-order valence-corrected chi connectivity index (χ1v) is 11.2. The van der Waals surface area contributed by atoms with Crippen LogP contribution in [0, 0.1) is 5.82 Å². The second kappa shape index (κ2) is 8.39. The number of nitrogens with two attached hydrogens (primary N) is 1. The smallest absolute Gasteiger partial charge is 0.251 e. The van der Waals surface area contributed by atoms with Gasteiger partial charge >= 0.3 is 0 Å². The number of pyridine rings is 1. The lowest BCUT2D eigenvalue weighted by atomic mass is 9.89. The molecule has 5 rings (SSSR count). The molecular formula is C25H28FN5O. The Bertz CT molecular complexity index is 1120. The van der Waals surface area contributed by atoms with Crippen LogP contribution < -0.4 is 11.1 Å². The summed E-state index contributed by atoms with van der Waals surface area (Å²) in [5.41, 5.74) is 10.7. The zero-order valence-electron chi connectivity index (χ0n) is 18.3. The van der Waals surface area contributed by atoms with Crippen LogP contribution in [0.15, 0.2) is 48.3 Å². The number of hydrogen-bond donors (Lipinski definition) is 2. The lowest BCUT2D eigenvalue weighted by molar-refractivity contribution is 0.0945. The van der Waals surface area contributed by atoms with E-state index in [-0.39, 0.29) is 11.8 Å². The van der Waals surface area contributed by atoms with Gasteiger partial charge in [-0.05, 0) is 55.3 Å². The Kier molecular flexibility index (Phi) is 5.43. The first-order chi connectivity index (χ1) is 15.5. The molecule has 2 aromatic rings. The van der Waals surface area contributed by atoms with Crippen molar-refractivity contribution in [1.29, 1.82) is 0 Å². The van der Waals surface area contributed by atoms with E-state index in [0.29, 0.717) is 35.5 Å². The molecule has 1 amide bonds. The van der Waals surface area contributed by atoms with Gasteiger partial charge in [0.05, 0.1) is 0 Å². The summed E-state index contributed by atoms with van der Waals surface area (Å²) in [6, 6.07) is 5.01. The van der Waals surface area contributed by atoms with Crippen molar-refractivity contribution >= 4 is 11.7 Å². The Morgan fingerprint density at radius 2 is 1.94 bits per heavy atom. The number of hydrogen-bond acceptors (Lipinski definition) is 5. The highest BCUT2D eigenvalue weighted by Crippen LogP contribution is 2.35. The lowest BCUT2D eigenvalue weighted by Gasteiger charge is -2.35. The highest BCUT2D eigenvalue weighted by Gasteiger charge is 2.23. The summed E-state index contributed by atoms with van der Waals surface area (Å²) in [5, 5.41) is 2.76. The highest BCUT2D eigenvalue weighted by atomic mass is 19.1. The van der Waals surface area contributed by atoms with Gasteiger partial charge in [0.1, 0.15) is 11.6 Å². The minimum Gasteiger partial charge on any atom is -0.383 e. The summed E-state index contributed by atoms with van der Waals surface area (Å²) < 4.78 is 15.0. The summed E-state index contributed by atoms with van der Waals surface area (Å²) >= 11 is 0. The van der Waals surface area contributed by atoms with Crippen LogP contribution in [0.25, 0.3) is 11.1 Å². The first-order valence-electron chi connectivity index (χ1n) is 11.2. The standard InChI is InChI=1S/C25H28FN5O/c1-30-8-10-31(11-9-30)19-4-2-16(3-5-19)18-13-22(24(27)29-15-18)21-12-17-6-7-28-25(32)20(17)14-23(21)26/h2,4-5,12-16H,3,6-11H2,1H3,(H2,27,29)(H,28,32). The van der Waals surface area contributed by atoms with Crippen LogP contribution in [-0.2, 0) is 6.42 Å². The summed E-state index contributed by atoms with van der Waals surface area (Å²) in [6.07, 6.45) is 10.0. The van der Waals surface area contributed by atoms with E-state index < -0.39 is 5.82 Å². The molecular weight excluding hydrogens is 405 g/mol. The van der Waals surface area contributed by atoms with Crippen molar-refractivity contribution in [2.24, 2.45) is 0 Å². The van der Waals surface area contributed by atoms with Crippen LogP contribution in [0.5, 0.6) is 0 Å². The van der Waals surface area contributed by atoms with E-state index in [1.165, 1.54) is 11.8 Å². The Morgan fingerprint density at radius 1 is 1.12 bits per heavy atom. The second-order valence-corrected chi connectivity index (χ2v) is 8.82. The van der Waals surface area contributed by atoms with Crippen molar-refractivity contribution in [3.8, 4) is 11.1 Å². The molecule has 3 N–H and O–H groups in total. The molecule has 3 heterocycles. The van der Waals surface area contributed by atoms with Gasteiger partial charge in [-0.25, -0.2) is 9.37 Å². The zero-order valence-corrected chi connectivity index (χ0v) is 18.3. The summed E-state index contributed by atoms with van der Waals surface area (Å²) in [4.78, 5) is 21.2. The second-order valence-electron chi connectivity index (χ2n) is 8.82. The maximum Gasteiger partial charge on any atom is 0.251 e. The predicted molar refractivity (Wildman–Crippen MR) is 124 cm³/mol. The number of halogens is 1. The fourth-order valence-electron chi connectivity index (χ4n) is 4.71. The van der Waals surface area contributed by atoms with Gasteiger partial charge in [-0.1, -0.05) is 12.2 Å². The normalized spacial score (nSPS) is 21.2. The Morgan fingerprint density at radius 3 is 2.69 bits per heavy atom. The van der Waals surface area contributed by atoms with Crippen LogP contribution in [0.2, 0.25) is 0 Å². The number of benzene rings is 1. The summed E-state index contributed by atoms with van der Waals surface area (Å²) in [6.45, 7) is 4.79. The molecule has 1 saturated heterocycles. The van der Waals surface area contributed by atoms with Crippen molar-refractivity contribution in [1.82, 2.24) is 20.1 Å². The van der Waals surface area contributed by atoms with Gasteiger partial charge in [0.25, 0.3) is 5.91 Å². The van der Waals surface area contributed by atoms with E-state index in [0.717, 1.165) is 43.7 Å². The number of rotatable bonds is 3. The average Bonchev–Trinajstić information content (AvgIpc) is 2.81. The molecule has 6 nitrogen and oxygen atoms in total. The highest BCUT2D eigenvalue weighted by molar-refractivity contribution is 5.97. The maximum absolute atomic E-state index is 15.0. The fourth-order valence-corrected chi connectivity index (χ4v) is 4.71. The molecule has 0 saturated carbocycles. The van der Waals surface area contributed by atoms with Crippen molar-refractivity contribution in [2.45, 2.75) is 18.8 Å². The molecule has 1 aromatic carbocycles. The van der Waals surface area contributed by atoms with E-state index in [2.05, 4.69) is 45.4 Å². The van der Waals surface area contributed by atoms with Crippen LogP contribution in [0.1, 0.15) is 33.8 Å². The van der Waals surface area contributed by atoms with Crippen molar-refractivity contribution in [2.75, 3.05) is 45.5 Å². The number of aromatic nitrogens is 1. The fraction of sp³-hybridized carbons (Fsp3) is 0.360. The van der Waals surface area contributed by atoms with Crippen molar-refractivity contribution in [3.05, 3.63) is 70.8 Å². The first kappa shape index (κ1) is 20.7. The number of likely N-dealkylation sites (N-methyl/N-ethyl adjacent to an activating group) is 1. The van der Waals surface area contributed by atoms with E-state index in [1.54, 1.807) is 12.3 Å². The SMILES string of the molecule is CN1CCN(C2=CCC(c3cnc(N)c(-c4cc5c(cc4F)C(=O)NCC5)c3)C=C2)CC1. The molecule has 1 aromatic heterocycles. The van der Waals surface area contributed by atoms with E-state index in [1.807, 2.05) is 6.07 Å². The third-order valence-corrected chi connectivity index (χ3v) is 6.72. The molecule has 2 aliphatic heterocycles. The largest absolute Gasteiger partial charge is 0.383 e. The van der Waals surface area contributed by atoms with Gasteiger partial charge in [0.2, 0.25) is 0 Å². The van der Waals surface area contributed by atoms with Crippen LogP contribution in [0.4, 0.5) is 10.2 Å². The Balaban J connectivity index is 1.40. The minimum absolute atomic E-state index is 0.171. The minimum atomic E-state index is -0.456. The Labute approximate surface area is 187 Å². The maximum atomic E-state index is 15.0. The average molecular weight is 434 g/mol. The molecule has 166 valence electrons. The molecule has 1 unspecified atom stereocenters. The molecule has 32 heavy (non-hydrogen) atoms. The molecule has 0 radical (unpaired) electrons. The number of amides is 1. The molecule has 1 fully saturated rings. The number of nitrogens with zero attached hydrogens (tertiary/aromatic N) is 3. The number of fused-ring (bicyclic) bond motifs is 1. The third kappa shape index (κ3) is 3.88. The number of anilines is 1. The molecule has 0 bridgehead atoms. The van der Waals surface area contributed by atoms with Crippen LogP contribution in [0.3, 0.4) is 0 Å². The van der Waals surface area contributed by atoms with Gasteiger partial charge in [-0.15, -0.1) is 0 Å². The Hall–Kier alpha value is -3.19. The quantitative estimate of drug-likeness (QED) is 0.779. The topological polar surface area (TPSA) is 74.5 Å². The summed E-state index contributed by atoms with van der Waals surface area (Å²) in [7, 11) is 2.16. The number of allylic oxidation sites excluding steroid dienone is 3.